The van der Waals surface area contributed by atoms with Gasteiger partial charge in [0.25, 0.3) is 0 Å². The van der Waals surface area contributed by atoms with Gasteiger partial charge in [0.15, 0.2) is 0 Å². The molecule has 2 aromatic rings. The van der Waals surface area contributed by atoms with Crippen molar-refractivity contribution in [1.29, 1.82) is 0 Å². The van der Waals surface area contributed by atoms with Crippen molar-refractivity contribution >= 4 is 42.0 Å². The maximum atomic E-state index is 6.56. The van der Waals surface area contributed by atoms with Gasteiger partial charge in [0.05, 0.1) is 0 Å². The van der Waals surface area contributed by atoms with Crippen molar-refractivity contribution < 1.29 is 18.9 Å². The number of hydrogen-bond donors (Lipinski definition) is 0. The molecular formula is C22H27IO4Se. The molecule has 4 nitrogen and oxygen atoms in total. The van der Waals surface area contributed by atoms with Crippen molar-refractivity contribution in [1.82, 2.24) is 0 Å². The van der Waals surface area contributed by atoms with Gasteiger partial charge >= 0.3 is 188 Å². The third kappa shape index (κ3) is 5.10. The first kappa shape index (κ1) is 22.1. The average Bonchev–Trinajstić information content (AvgIpc) is 2.70. The zero-order valence-electron chi connectivity index (χ0n) is 16.6. The van der Waals surface area contributed by atoms with Crippen LogP contribution in [0.5, 0.6) is 5.75 Å². The van der Waals surface area contributed by atoms with Crippen LogP contribution in [0.3, 0.4) is 0 Å². The van der Waals surface area contributed by atoms with Crippen molar-refractivity contribution in [2.24, 2.45) is 5.92 Å². The van der Waals surface area contributed by atoms with E-state index >= 15 is 0 Å². The van der Waals surface area contributed by atoms with Gasteiger partial charge in [-0.1, -0.05) is 0 Å². The van der Waals surface area contributed by atoms with E-state index in [1.165, 1.54) is 10.0 Å². The normalized spacial score (nSPS) is 27.5. The molecule has 3 rings (SSSR count). The van der Waals surface area contributed by atoms with Crippen LogP contribution in [0.25, 0.3) is 0 Å². The van der Waals surface area contributed by atoms with Crippen molar-refractivity contribution in [2.75, 3.05) is 21.0 Å². The van der Waals surface area contributed by atoms with E-state index in [1.54, 1.807) is 14.2 Å². The van der Waals surface area contributed by atoms with Gasteiger partial charge in [0, 0.05) is 0 Å². The minimum atomic E-state index is -0.00210. The number of methoxy groups -OCH3 is 2. The Morgan fingerprint density at radius 3 is 2.46 bits per heavy atom. The molecule has 1 heterocycles. The molecule has 5 atom stereocenters. The molecule has 0 aliphatic carbocycles. The Morgan fingerprint density at radius 1 is 1.07 bits per heavy atom. The molecule has 0 N–H and O–H groups in total. The molecule has 0 spiro atoms. The van der Waals surface area contributed by atoms with Gasteiger partial charge in [0.1, 0.15) is 0 Å². The van der Waals surface area contributed by atoms with Crippen LogP contribution < -0.4 is 9.20 Å². The summed E-state index contributed by atoms with van der Waals surface area (Å²) in [4.78, 5) is 0.358. The Morgan fingerprint density at radius 2 is 1.82 bits per heavy atom. The summed E-state index contributed by atoms with van der Waals surface area (Å²) in [6.45, 7) is 4.68. The van der Waals surface area contributed by atoms with E-state index in [0.717, 1.165) is 9.32 Å². The SMILES string of the molecule is COCO[C@@H]1[C@H](C)[C@@H]([Se]c2ccccc2)[C@H](c2ccc(OC)c(I)c2)O[C@@H]1C. The van der Waals surface area contributed by atoms with Crippen LogP contribution in [0.15, 0.2) is 48.5 Å². The quantitative estimate of drug-likeness (QED) is 0.289. The number of benzene rings is 2. The molecular weight excluding hydrogens is 534 g/mol. The molecule has 0 saturated carbocycles. The second kappa shape index (κ2) is 10.4. The van der Waals surface area contributed by atoms with Gasteiger partial charge < -0.3 is 0 Å². The van der Waals surface area contributed by atoms with Crippen molar-refractivity contribution in [3.63, 3.8) is 0 Å². The first-order valence-electron chi connectivity index (χ1n) is 9.36. The summed E-state index contributed by atoms with van der Waals surface area (Å²) in [6, 6.07) is 17.1. The van der Waals surface area contributed by atoms with E-state index in [4.69, 9.17) is 18.9 Å². The Kier molecular flexibility index (Phi) is 8.21. The summed E-state index contributed by atoms with van der Waals surface area (Å²) >= 11 is 2.58. The second-order valence-electron chi connectivity index (χ2n) is 6.95. The van der Waals surface area contributed by atoms with Gasteiger partial charge in [-0.25, -0.2) is 0 Å². The molecule has 2 aromatic carbocycles. The zero-order chi connectivity index (χ0) is 20.1. The molecule has 0 unspecified atom stereocenters. The Labute approximate surface area is 187 Å². The van der Waals surface area contributed by atoms with Gasteiger partial charge in [-0.15, -0.1) is 0 Å². The zero-order valence-corrected chi connectivity index (χ0v) is 20.5. The van der Waals surface area contributed by atoms with Crippen LogP contribution in [0, 0.1) is 9.49 Å². The molecule has 0 radical (unpaired) electrons. The predicted molar refractivity (Wildman–Crippen MR) is 120 cm³/mol. The second-order valence-corrected chi connectivity index (χ2v) is 10.7. The predicted octanol–water partition coefficient (Wildman–Crippen LogP) is 4.20. The molecule has 1 aliphatic heterocycles. The molecule has 1 aliphatic rings. The number of halogens is 1. The van der Waals surface area contributed by atoms with Crippen molar-refractivity contribution in [3.05, 3.63) is 57.7 Å². The van der Waals surface area contributed by atoms with E-state index in [2.05, 4.69) is 78.9 Å². The molecule has 1 saturated heterocycles. The Hall–Kier alpha value is -0.631. The van der Waals surface area contributed by atoms with Gasteiger partial charge in [-0.2, -0.15) is 0 Å². The maximum absolute atomic E-state index is 6.56. The van der Waals surface area contributed by atoms with E-state index in [-0.39, 0.29) is 33.3 Å². The van der Waals surface area contributed by atoms with Crippen LogP contribution >= 0.6 is 22.6 Å². The molecule has 152 valence electrons. The number of ether oxygens (including phenoxy) is 4. The Bertz CT molecular complexity index is 757. The van der Waals surface area contributed by atoms with Crippen LogP contribution in [0.4, 0.5) is 0 Å². The molecule has 0 bridgehead atoms. The number of hydrogen-bond acceptors (Lipinski definition) is 4. The third-order valence-corrected chi connectivity index (χ3v) is 9.03. The Balaban J connectivity index is 1.92. The van der Waals surface area contributed by atoms with E-state index in [0.29, 0.717) is 17.5 Å². The summed E-state index contributed by atoms with van der Waals surface area (Å²) < 4.78 is 25.6. The third-order valence-electron chi connectivity index (χ3n) is 5.06. The van der Waals surface area contributed by atoms with Gasteiger partial charge in [0.2, 0.25) is 0 Å². The van der Waals surface area contributed by atoms with E-state index in [9.17, 15) is 0 Å². The fourth-order valence-corrected chi connectivity index (χ4v) is 7.24. The summed E-state index contributed by atoms with van der Waals surface area (Å²) in [7, 11) is 3.37. The minimum absolute atomic E-state index is 0.00210. The number of rotatable bonds is 7. The molecule has 6 heteroatoms. The summed E-state index contributed by atoms with van der Waals surface area (Å²) in [5, 5.41) is 0. The van der Waals surface area contributed by atoms with Gasteiger partial charge in [-0.3, -0.25) is 0 Å². The molecule has 28 heavy (non-hydrogen) atoms. The first-order valence-corrected chi connectivity index (χ1v) is 12.3. The summed E-state index contributed by atoms with van der Waals surface area (Å²) in [5.74, 6) is 1.25. The molecule has 1 fully saturated rings. The average molecular weight is 561 g/mol. The standard InChI is InChI=1S/C22H27IO4Se/c1-14-20(26-13-24-3)15(2)27-21(16-10-11-19(25-4)18(23)12-16)22(14)28-17-8-6-5-7-9-17/h5-12,14-15,20-22H,13H2,1-4H3/t14-,15+,20+,21-,22+/m0/s1. The van der Waals surface area contributed by atoms with Crippen LogP contribution in [-0.4, -0.2) is 48.2 Å². The van der Waals surface area contributed by atoms with E-state index < -0.39 is 0 Å². The fourth-order valence-electron chi connectivity index (χ4n) is 3.66. The molecule has 0 aromatic heterocycles. The van der Waals surface area contributed by atoms with Gasteiger partial charge in [-0.05, 0) is 0 Å². The van der Waals surface area contributed by atoms with Crippen molar-refractivity contribution in [3.8, 4) is 5.75 Å². The van der Waals surface area contributed by atoms with E-state index in [1.807, 2.05) is 6.07 Å². The topological polar surface area (TPSA) is 36.9 Å². The van der Waals surface area contributed by atoms with Crippen LogP contribution in [0.1, 0.15) is 25.5 Å². The van der Waals surface area contributed by atoms with Crippen LogP contribution in [0.2, 0.25) is 4.82 Å². The first-order chi connectivity index (χ1) is 13.5. The van der Waals surface area contributed by atoms with Crippen LogP contribution in [-0.2, 0) is 14.2 Å². The fraction of sp³-hybridized carbons (Fsp3) is 0.455. The summed E-state index contributed by atoms with van der Waals surface area (Å²) in [6.07, 6.45) is 0.0499. The summed E-state index contributed by atoms with van der Waals surface area (Å²) in [5.41, 5.74) is 1.21. The monoisotopic (exact) mass is 562 g/mol. The molecule has 0 amide bonds. The van der Waals surface area contributed by atoms with Crippen molar-refractivity contribution in [2.45, 2.75) is 37.0 Å².